The summed E-state index contributed by atoms with van der Waals surface area (Å²) in [6.07, 6.45) is 16.2. The number of ether oxygens (including phenoxy) is 2. The number of hydrogen-bond donors (Lipinski definition) is 3. The Bertz CT molecular complexity index is 1100. The van der Waals surface area contributed by atoms with Gasteiger partial charge in [-0.25, -0.2) is 0 Å². The highest BCUT2D eigenvalue weighted by molar-refractivity contribution is 5.89. The minimum atomic E-state index is -0.199. The Kier molecular flexibility index (Phi) is 12.9. The van der Waals surface area contributed by atoms with Crippen molar-refractivity contribution in [3.05, 3.63) is 47.6 Å². The summed E-state index contributed by atoms with van der Waals surface area (Å²) in [7, 11) is 1.68. The van der Waals surface area contributed by atoms with Gasteiger partial charge in [0.05, 0.1) is 12.2 Å². The van der Waals surface area contributed by atoms with E-state index < -0.39 is 0 Å². The Hall–Kier alpha value is -3.13. The molecule has 5 N–H and O–H groups in total. The quantitative estimate of drug-likeness (QED) is 0.104. The van der Waals surface area contributed by atoms with E-state index in [4.69, 9.17) is 20.9 Å². The lowest BCUT2D eigenvalue weighted by atomic mass is 9.71. The average Bonchev–Trinajstić information content (AvgIpc) is 3.46. The summed E-state index contributed by atoms with van der Waals surface area (Å²) >= 11 is 0. The first kappa shape index (κ1) is 32.4. The van der Waals surface area contributed by atoms with Crippen molar-refractivity contribution in [2.24, 2.45) is 28.3 Å². The molecule has 1 saturated carbocycles. The van der Waals surface area contributed by atoms with Crippen LogP contribution in [0, 0.1) is 11.8 Å². The lowest BCUT2D eigenvalue weighted by Gasteiger charge is -2.37. The fraction of sp³-hybridized carbons (Fsp3) is 0.606. The van der Waals surface area contributed by atoms with E-state index in [-0.39, 0.29) is 53.2 Å². The van der Waals surface area contributed by atoms with Gasteiger partial charge in [-0.05, 0) is 93.7 Å². The number of ketones is 2. The Morgan fingerprint density at radius 3 is 2.59 bits per heavy atom. The van der Waals surface area contributed by atoms with E-state index >= 15 is 0 Å². The number of rotatable bonds is 16. The van der Waals surface area contributed by atoms with Crippen LogP contribution < -0.4 is 16.2 Å². The summed E-state index contributed by atoms with van der Waals surface area (Å²) in [6.45, 7) is 4.14. The molecule has 0 heterocycles. The van der Waals surface area contributed by atoms with Crippen molar-refractivity contribution in [2.75, 3.05) is 13.7 Å². The second-order valence-corrected chi connectivity index (χ2v) is 11.6. The van der Waals surface area contributed by atoms with E-state index in [9.17, 15) is 14.7 Å². The Morgan fingerprint density at radius 1 is 1.17 bits per heavy atom. The van der Waals surface area contributed by atoms with E-state index in [1.807, 2.05) is 24.3 Å². The maximum absolute atomic E-state index is 12.5. The number of unbranched alkanes of at least 4 members (excludes halogenated alkanes) is 1. The van der Waals surface area contributed by atoms with Crippen LogP contribution in [-0.4, -0.2) is 48.5 Å². The number of aliphatic imine (C=N–C) groups is 1. The second kappa shape index (κ2) is 16.3. The molecule has 41 heavy (non-hydrogen) atoms. The molecule has 1 aromatic carbocycles. The number of nitrogens with two attached hydrogens (primary N) is 2. The minimum Gasteiger partial charge on any atom is -0.504 e. The number of allylic oxidation sites excluding steroid dienone is 2. The standard InChI is InChI=1S/C33H49N3O5/c1-4-5-6-9-25(38)15-13-23-18-29(32(39)31(20-23)41-26-10-7-8-11-26)27(16-12-22(2)37)28-19-24(21-36-33(34)35)14-17-30(28)40-3/h6,9,14,17-18,20,24,26-28,30,39H,4-5,7-8,10-13,15-16,19,21H2,1-3H3,(H4,34,35,36)/b9-6+/t24-,27-,28+,30-/m1/s1. The summed E-state index contributed by atoms with van der Waals surface area (Å²) < 4.78 is 12.3. The molecule has 2 aliphatic rings. The minimum absolute atomic E-state index is 0.0253. The lowest BCUT2D eigenvalue weighted by molar-refractivity contribution is -0.117. The zero-order valence-electron chi connectivity index (χ0n) is 25.0. The molecule has 0 saturated heterocycles. The molecular formula is C33H49N3O5. The third-order valence-electron chi connectivity index (χ3n) is 8.25. The van der Waals surface area contributed by atoms with Gasteiger partial charge in [0.1, 0.15) is 5.78 Å². The zero-order chi connectivity index (χ0) is 29.8. The van der Waals surface area contributed by atoms with Crippen molar-refractivity contribution >= 4 is 17.5 Å². The van der Waals surface area contributed by atoms with Gasteiger partial charge in [0.2, 0.25) is 0 Å². The molecule has 0 amide bonds. The summed E-state index contributed by atoms with van der Waals surface area (Å²) in [4.78, 5) is 28.9. The van der Waals surface area contributed by atoms with Gasteiger partial charge in [0.15, 0.2) is 23.2 Å². The maximum atomic E-state index is 12.5. The van der Waals surface area contributed by atoms with Crippen LogP contribution in [0.4, 0.5) is 0 Å². The Morgan fingerprint density at radius 2 is 1.93 bits per heavy atom. The van der Waals surface area contributed by atoms with Crippen LogP contribution >= 0.6 is 0 Å². The number of benzene rings is 1. The topological polar surface area (TPSA) is 137 Å². The second-order valence-electron chi connectivity index (χ2n) is 11.6. The van der Waals surface area contributed by atoms with E-state index in [1.165, 1.54) is 0 Å². The number of phenols is 1. The molecule has 0 unspecified atom stereocenters. The molecule has 2 aliphatic carbocycles. The van der Waals surface area contributed by atoms with Gasteiger partial charge in [0.25, 0.3) is 0 Å². The number of carbonyl (C=O) groups excluding carboxylic acids is 2. The monoisotopic (exact) mass is 567 g/mol. The Balaban J connectivity index is 2.00. The molecule has 226 valence electrons. The SMILES string of the molecule is CCC/C=C/C(=O)CCc1cc(OC2CCCC2)c(O)c([C@H](CCC(C)=O)[C@@H]2C[C@H](CN=C(N)N)C=C[C@H]2OC)c1. The maximum Gasteiger partial charge on any atom is 0.185 e. The van der Waals surface area contributed by atoms with Crippen LogP contribution in [0.25, 0.3) is 0 Å². The zero-order valence-corrected chi connectivity index (χ0v) is 25.0. The van der Waals surface area contributed by atoms with E-state index in [1.54, 1.807) is 20.1 Å². The number of Topliss-reactive ketones (excluding diaryl/α,β-unsaturated/α-hetero) is 1. The number of methoxy groups -OCH3 is 1. The highest BCUT2D eigenvalue weighted by atomic mass is 16.5. The first-order chi connectivity index (χ1) is 19.7. The van der Waals surface area contributed by atoms with Crippen molar-refractivity contribution in [2.45, 2.75) is 103 Å². The summed E-state index contributed by atoms with van der Waals surface area (Å²) in [5.74, 6) is 0.700. The largest absolute Gasteiger partial charge is 0.504 e. The van der Waals surface area contributed by atoms with Crippen LogP contribution in [0.1, 0.15) is 95.1 Å². The number of hydrogen-bond acceptors (Lipinski definition) is 6. The van der Waals surface area contributed by atoms with Gasteiger partial charge in [0, 0.05) is 32.1 Å². The van der Waals surface area contributed by atoms with E-state index in [0.717, 1.165) is 56.1 Å². The van der Waals surface area contributed by atoms with Gasteiger partial charge in [-0.2, -0.15) is 0 Å². The van der Waals surface area contributed by atoms with Crippen molar-refractivity contribution < 1.29 is 24.2 Å². The molecule has 0 aromatic heterocycles. The molecule has 3 rings (SSSR count). The first-order valence-electron chi connectivity index (χ1n) is 15.2. The molecule has 0 spiro atoms. The highest BCUT2D eigenvalue weighted by Gasteiger charge is 2.36. The van der Waals surface area contributed by atoms with Crippen LogP contribution in [0.2, 0.25) is 0 Å². The number of nitrogens with zero attached hydrogens (tertiary/aromatic N) is 1. The number of aromatic hydroxyl groups is 1. The van der Waals surface area contributed by atoms with Crippen LogP contribution in [0.15, 0.2) is 41.4 Å². The fourth-order valence-electron chi connectivity index (χ4n) is 6.06. The summed E-state index contributed by atoms with van der Waals surface area (Å²) in [5.41, 5.74) is 12.9. The van der Waals surface area contributed by atoms with Crippen molar-refractivity contribution in [3.8, 4) is 11.5 Å². The molecule has 0 aliphatic heterocycles. The molecule has 4 atom stereocenters. The van der Waals surface area contributed by atoms with E-state index in [2.05, 4.69) is 18.0 Å². The fourth-order valence-corrected chi connectivity index (χ4v) is 6.06. The summed E-state index contributed by atoms with van der Waals surface area (Å²) in [5, 5.41) is 11.7. The van der Waals surface area contributed by atoms with Gasteiger partial charge in [-0.1, -0.05) is 37.6 Å². The lowest BCUT2D eigenvalue weighted by Crippen LogP contribution is -2.33. The number of phenolic OH excluding ortho intramolecular Hbond substituents is 1. The average molecular weight is 568 g/mol. The van der Waals surface area contributed by atoms with Gasteiger partial charge in [-0.3, -0.25) is 9.79 Å². The molecule has 8 heteroatoms. The van der Waals surface area contributed by atoms with Crippen molar-refractivity contribution in [3.63, 3.8) is 0 Å². The van der Waals surface area contributed by atoms with Gasteiger partial charge >= 0.3 is 0 Å². The van der Waals surface area contributed by atoms with Gasteiger partial charge < -0.3 is 30.8 Å². The number of aryl methyl sites for hydroxylation is 1. The van der Waals surface area contributed by atoms with Crippen molar-refractivity contribution in [1.82, 2.24) is 0 Å². The summed E-state index contributed by atoms with van der Waals surface area (Å²) in [6, 6.07) is 3.89. The number of carbonyl (C=O) groups is 2. The molecule has 8 nitrogen and oxygen atoms in total. The molecule has 0 bridgehead atoms. The highest BCUT2D eigenvalue weighted by Crippen LogP contribution is 2.46. The molecular weight excluding hydrogens is 518 g/mol. The number of guanidine groups is 1. The first-order valence-corrected chi connectivity index (χ1v) is 15.2. The third-order valence-corrected chi connectivity index (χ3v) is 8.25. The van der Waals surface area contributed by atoms with Crippen LogP contribution in [-0.2, 0) is 20.7 Å². The Labute approximate surface area is 245 Å². The van der Waals surface area contributed by atoms with Crippen LogP contribution in [0.5, 0.6) is 11.5 Å². The normalized spacial score (nSPS) is 21.7. The van der Waals surface area contributed by atoms with Crippen LogP contribution in [0.3, 0.4) is 0 Å². The smallest absolute Gasteiger partial charge is 0.185 e. The molecule has 1 fully saturated rings. The predicted octanol–water partition coefficient (Wildman–Crippen LogP) is 5.51. The van der Waals surface area contributed by atoms with Gasteiger partial charge in [-0.15, -0.1) is 0 Å². The predicted molar refractivity (Wildman–Crippen MR) is 163 cm³/mol. The third kappa shape index (κ3) is 10.0. The molecule has 1 aromatic rings. The van der Waals surface area contributed by atoms with Crippen molar-refractivity contribution in [1.29, 1.82) is 0 Å². The van der Waals surface area contributed by atoms with E-state index in [0.29, 0.717) is 38.0 Å². The molecule has 0 radical (unpaired) electrons.